The van der Waals surface area contributed by atoms with E-state index in [1.807, 2.05) is 48.5 Å². The zero-order valence-corrected chi connectivity index (χ0v) is 10.6. The first-order valence-corrected chi connectivity index (χ1v) is 6.15. The summed E-state index contributed by atoms with van der Waals surface area (Å²) >= 11 is 0. The lowest BCUT2D eigenvalue weighted by Crippen LogP contribution is -2.19. The van der Waals surface area contributed by atoms with Gasteiger partial charge in [0.05, 0.1) is 6.54 Å². The van der Waals surface area contributed by atoms with Crippen molar-refractivity contribution in [2.75, 3.05) is 5.73 Å². The second-order valence-corrected chi connectivity index (χ2v) is 4.53. The summed E-state index contributed by atoms with van der Waals surface area (Å²) in [4.78, 5) is 14.3. The molecule has 0 aliphatic rings. The Kier molecular flexibility index (Phi) is 2.77. The number of H-pyrrole nitrogens is 1. The molecule has 0 saturated carbocycles. The molecule has 3 rings (SSSR count). The molecule has 0 saturated heterocycles. The summed E-state index contributed by atoms with van der Waals surface area (Å²) in [5, 5.41) is 11.1. The third kappa shape index (κ3) is 1.84. The second kappa shape index (κ2) is 4.59. The van der Waals surface area contributed by atoms with E-state index in [9.17, 15) is 4.79 Å². The number of nitrogens with one attached hydrogen (secondary N) is 1. The van der Waals surface area contributed by atoms with Gasteiger partial charge in [0, 0.05) is 0 Å². The molecule has 0 spiro atoms. The molecule has 0 aliphatic heterocycles. The molecule has 3 aromatic rings. The topological polar surface area (TPSA) is 87.6 Å². The lowest BCUT2D eigenvalue weighted by atomic mass is 10.0. The molecule has 3 N–H and O–H groups in total. The standard InChI is InChI=1S/C15H12N4O/c16-8-13-14(17)19(15(20)18-13)9-11-6-3-5-10-4-1-2-7-12(10)11/h1-7H,9,17H2,(H,18,20). The number of anilines is 1. The zero-order chi connectivity index (χ0) is 14.1. The van der Waals surface area contributed by atoms with Gasteiger partial charge in [-0.15, -0.1) is 0 Å². The van der Waals surface area contributed by atoms with Crippen molar-refractivity contribution in [1.82, 2.24) is 9.55 Å². The van der Waals surface area contributed by atoms with Crippen molar-refractivity contribution in [3.63, 3.8) is 0 Å². The molecule has 5 nitrogen and oxygen atoms in total. The van der Waals surface area contributed by atoms with Gasteiger partial charge in [-0.2, -0.15) is 5.26 Å². The summed E-state index contributed by atoms with van der Waals surface area (Å²) in [6.07, 6.45) is 0. The van der Waals surface area contributed by atoms with Gasteiger partial charge < -0.3 is 5.73 Å². The molecule has 0 fully saturated rings. The Balaban J connectivity index is 2.13. The smallest absolute Gasteiger partial charge is 0.328 e. The van der Waals surface area contributed by atoms with Crippen LogP contribution in [0.1, 0.15) is 11.3 Å². The average molecular weight is 264 g/mol. The van der Waals surface area contributed by atoms with E-state index in [-0.39, 0.29) is 17.2 Å². The predicted molar refractivity (Wildman–Crippen MR) is 77.2 cm³/mol. The highest BCUT2D eigenvalue weighted by Crippen LogP contribution is 2.20. The van der Waals surface area contributed by atoms with Gasteiger partial charge in [-0.3, -0.25) is 9.55 Å². The van der Waals surface area contributed by atoms with Crippen molar-refractivity contribution < 1.29 is 0 Å². The maximum atomic E-state index is 11.8. The van der Waals surface area contributed by atoms with Crippen molar-refractivity contribution in [2.45, 2.75) is 6.54 Å². The van der Waals surface area contributed by atoms with E-state index < -0.39 is 0 Å². The Hall–Kier alpha value is -3.00. The Morgan fingerprint density at radius 1 is 1.20 bits per heavy atom. The number of imidazole rings is 1. The van der Waals surface area contributed by atoms with E-state index in [4.69, 9.17) is 11.0 Å². The SMILES string of the molecule is N#Cc1[nH]c(=O)n(Cc2cccc3ccccc23)c1N. The number of nitrogens with two attached hydrogens (primary N) is 1. The van der Waals surface area contributed by atoms with Gasteiger partial charge in [-0.05, 0) is 16.3 Å². The number of nitrogen functional groups attached to an aromatic ring is 1. The fraction of sp³-hybridized carbons (Fsp3) is 0.0667. The molecule has 0 bridgehead atoms. The van der Waals surface area contributed by atoms with Crippen molar-refractivity contribution in [3.8, 4) is 6.07 Å². The van der Waals surface area contributed by atoms with E-state index in [1.54, 1.807) is 0 Å². The van der Waals surface area contributed by atoms with E-state index in [0.717, 1.165) is 16.3 Å². The van der Waals surface area contributed by atoms with E-state index in [0.29, 0.717) is 6.54 Å². The van der Waals surface area contributed by atoms with Crippen LogP contribution in [0.5, 0.6) is 0 Å². The van der Waals surface area contributed by atoms with Gasteiger partial charge in [0.15, 0.2) is 5.69 Å². The number of benzene rings is 2. The first-order chi connectivity index (χ1) is 9.70. The Morgan fingerprint density at radius 3 is 2.70 bits per heavy atom. The number of nitrogens with zero attached hydrogens (tertiary/aromatic N) is 2. The lowest BCUT2D eigenvalue weighted by molar-refractivity contribution is 0.776. The maximum Gasteiger partial charge on any atom is 0.328 e. The van der Waals surface area contributed by atoms with Gasteiger partial charge in [0.1, 0.15) is 11.9 Å². The number of rotatable bonds is 2. The van der Waals surface area contributed by atoms with Crippen LogP contribution >= 0.6 is 0 Å². The molecule has 98 valence electrons. The van der Waals surface area contributed by atoms with Crippen molar-refractivity contribution in [3.05, 3.63) is 64.2 Å². The molecule has 0 radical (unpaired) electrons. The number of fused-ring (bicyclic) bond motifs is 1. The van der Waals surface area contributed by atoms with Crippen molar-refractivity contribution in [2.24, 2.45) is 0 Å². The largest absolute Gasteiger partial charge is 0.383 e. The summed E-state index contributed by atoms with van der Waals surface area (Å²) in [6.45, 7) is 0.337. The molecule has 0 unspecified atom stereocenters. The van der Waals surface area contributed by atoms with Crippen molar-refractivity contribution in [1.29, 1.82) is 5.26 Å². The normalized spacial score (nSPS) is 10.6. The highest BCUT2D eigenvalue weighted by molar-refractivity contribution is 5.85. The number of hydrogen-bond donors (Lipinski definition) is 2. The van der Waals surface area contributed by atoms with Crippen LogP contribution in [0.4, 0.5) is 5.82 Å². The first-order valence-electron chi connectivity index (χ1n) is 6.15. The summed E-state index contributed by atoms with van der Waals surface area (Å²) < 4.78 is 1.38. The second-order valence-electron chi connectivity index (χ2n) is 4.53. The molecule has 0 amide bonds. The molecular weight excluding hydrogens is 252 g/mol. The van der Waals surface area contributed by atoms with Crippen molar-refractivity contribution >= 4 is 16.6 Å². The van der Waals surface area contributed by atoms with Gasteiger partial charge in [0.25, 0.3) is 0 Å². The van der Waals surface area contributed by atoms with Crippen LogP contribution in [0.3, 0.4) is 0 Å². The number of hydrogen-bond acceptors (Lipinski definition) is 3. The molecule has 1 heterocycles. The summed E-state index contributed by atoms with van der Waals surface area (Å²) in [5.41, 5.74) is 6.54. The minimum absolute atomic E-state index is 0.107. The molecule has 1 aromatic heterocycles. The number of aromatic nitrogens is 2. The van der Waals surface area contributed by atoms with Crippen LogP contribution in [0.25, 0.3) is 10.8 Å². The Bertz CT molecular complexity index is 878. The predicted octanol–water partition coefficient (Wildman–Crippen LogP) is 1.83. The van der Waals surface area contributed by atoms with Crippen LogP contribution in [0.15, 0.2) is 47.3 Å². The molecule has 2 aromatic carbocycles. The van der Waals surface area contributed by atoms with Gasteiger partial charge in [0.2, 0.25) is 0 Å². The minimum Gasteiger partial charge on any atom is -0.383 e. The first kappa shape index (κ1) is 12.1. The lowest BCUT2D eigenvalue weighted by Gasteiger charge is -2.08. The van der Waals surface area contributed by atoms with Crippen LogP contribution in [0.2, 0.25) is 0 Å². The van der Waals surface area contributed by atoms with E-state index >= 15 is 0 Å². The molecular formula is C15H12N4O. The summed E-state index contributed by atoms with van der Waals surface area (Å²) in [7, 11) is 0. The molecule has 0 aliphatic carbocycles. The number of aromatic amines is 1. The maximum absolute atomic E-state index is 11.8. The third-order valence-electron chi connectivity index (χ3n) is 3.34. The van der Waals surface area contributed by atoms with Gasteiger partial charge in [-0.1, -0.05) is 42.5 Å². The molecule has 0 atom stereocenters. The monoisotopic (exact) mass is 264 g/mol. The number of nitriles is 1. The Labute approximate surface area is 114 Å². The zero-order valence-electron chi connectivity index (χ0n) is 10.6. The van der Waals surface area contributed by atoms with Crippen LogP contribution < -0.4 is 11.4 Å². The fourth-order valence-electron chi connectivity index (χ4n) is 2.33. The van der Waals surface area contributed by atoms with Gasteiger partial charge in [-0.25, -0.2) is 4.79 Å². The highest BCUT2D eigenvalue weighted by atomic mass is 16.1. The van der Waals surface area contributed by atoms with Crippen LogP contribution in [0, 0.1) is 11.3 Å². The van der Waals surface area contributed by atoms with E-state index in [1.165, 1.54) is 4.57 Å². The summed E-state index contributed by atoms with van der Waals surface area (Å²) in [6, 6.07) is 15.7. The van der Waals surface area contributed by atoms with Gasteiger partial charge >= 0.3 is 5.69 Å². The quantitative estimate of drug-likeness (QED) is 0.740. The minimum atomic E-state index is -0.369. The fourth-order valence-corrected chi connectivity index (χ4v) is 2.33. The summed E-state index contributed by atoms with van der Waals surface area (Å²) in [5.74, 6) is 0.172. The molecule has 20 heavy (non-hydrogen) atoms. The average Bonchev–Trinajstić information content (AvgIpc) is 2.75. The molecule has 5 heteroatoms. The van der Waals surface area contributed by atoms with Crippen LogP contribution in [-0.4, -0.2) is 9.55 Å². The van der Waals surface area contributed by atoms with Crippen LogP contribution in [-0.2, 0) is 6.54 Å². The Morgan fingerprint density at radius 2 is 1.95 bits per heavy atom. The highest BCUT2D eigenvalue weighted by Gasteiger charge is 2.11. The van der Waals surface area contributed by atoms with E-state index in [2.05, 4.69) is 4.98 Å². The third-order valence-corrected chi connectivity index (χ3v) is 3.34.